The van der Waals surface area contributed by atoms with Gasteiger partial charge in [0.05, 0.1) is 0 Å². The quantitative estimate of drug-likeness (QED) is 0.838. The summed E-state index contributed by atoms with van der Waals surface area (Å²) in [4.78, 5) is 16.8. The summed E-state index contributed by atoms with van der Waals surface area (Å²) in [5.41, 5.74) is 3.03. The Kier molecular flexibility index (Phi) is 4.53. The van der Waals surface area contributed by atoms with Gasteiger partial charge in [-0.2, -0.15) is 0 Å². The van der Waals surface area contributed by atoms with Crippen molar-refractivity contribution in [3.63, 3.8) is 0 Å². The number of nitrogens with zero attached hydrogens (tertiary/aromatic N) is 2. The highest BCUT2D eigenvalue weighted by atomic mass is 16.2. The summed E-state index contributed by atoms with van der Waals surface area (Å²) in [5.74, 6) is 0.212. The fraction of sp³-hybridized carbons (Fsp3) is 0.632. The number of carbonyl (C=O) groups is 1. The zero-order valence-electron chi connectivity index (χ0n) is 14.0. The maximum Gasteiger partial charge on any atom is 0.219 e. The summed E-state index contributed by atoms with van der Waals surface area (Å²) in [6, 6.07) is 8.69. The molecule has 1 aromatic rings. The van der Waals surface area contributed by atoms with Crippen molar-refractivity contribution in [3.8, 4) is 0 Å². The van der Waals surface area contributed by atoms with Crippen LogP contribution in [-0.4, -0.2) is 41.9 Å². The lowest BCUT2D eigenvalue weighted by Crippen LogP contribution is -2.50. The van der Waals surface area contributed by atoms with Crippen LogP contribution in [0.15, 0.2) is 24.3 Å². The van der Waals surface area contributed by atoms with Crippen molar-refractivity contribution in [3.05, 3.63) is 35.4 Å². The second-order valence-electron chi connectivity index (χ2n) is 7.20. The van der Waals surface area contributed by atoms with Gasteiger partial charge in [0.25, 0.3) is 0 Å². The SMILES string of the molecule is CCCN1CCCC2(Cc3ccccc3CN(C(C)=O)C2)C1. The molecule has 0 saturated carbocycles. The maximum absolute atomic E-state index is 12.1. The fourth-order valence-corrected chi connectivity index (χ4v) is 4.32. The number of hydrogen-bond donors (Lipinski definition) is 0. The van der Waals surface area contributed by atoms with Gasteiger partial charge >= 0.3 is 0 Å². The first-order chi connectivity index (χ1) is 10.6. The van der Waals surface area contributed by atoms with Crippen LogP contribution >= 0.6 is 0 Å². The molecule has 2 heterocycles. The molecule has 0 N–H and O–H groups in total. The predicted molar refractivity (Wildman–Crippen MR) is 89.6 cm³/mol. The molecule has 0 aliphatic carbocycles. The minimum absolute atomic E-state index is 0.212. The van der Waals surface area contributed by atoms with Crippen molar-refractivity contribution in [2.24, 2.45) is 5.41 Å². The molecule has 1 fully saturated rings. The lowest BCUT2D eigenvalue weighted by molar-refractivity contribution is -0.131. The third-order valence-electron chi connectivity index (χ3n) is 5.30. The second kappa shape index (κ2) is 6.41. The predicted octanol–water partition coefficient (Wildman–Crippen LogP) is 3.08. The van der Waals surface area contributed by atoms with Crippen LogP contribution < -0.4 is 0 Å². The standard InChI is InChI=1S/C19H28N2O/c1-3-10-20-11-6-9-19(14-20)12-17-7-4-5-8-18(17)13-21(15-19)16(2)22/h4-5,7-8H,3,6,9-15H2,1-2H3. The van der Waals surface area contributed by atoms with Crippen LogP contribution in [0.1, 0.15) is 44.2 Å². The third kappa shape index (κ3) is 3.19. The second-order valence-corrected chi connectivity index (χ2v) is 7.20. The molecule has 0 radical (unpaired) electrons. The molecular weight excluding hydrogens is 272 g/mol. The fourth-order valence-electron chi connectivity index (χ4n) is 4.32. The molecule has 1 atom stereocenters. The molecule has 22 heavy (non-hydrogen) atoms. The van der Waals surface area contributed by atoms with Gasteiger partial charge < -0.3 is 9.80 Å². The monoisotopic (exact) mass is 300 g/mol. The van der Waals surface area contributed by atoms with Crippen LogP contribution in [-0.2, 0) is 17.8 Å². The topological polar surface area (TPSA) is 23.6 Å². The Morgan fingerprint density at radius 1 is 1.23 bits per heavy atom. The van der Waals surface area contributed by atoms with E-state index in [0.717, 1.165) is 26.1 Å². The summed E-state index contributed by atoms with van der Waals surface area (Å²) < 4.78 is 0. The number of benzene rings is 1. The van der Waals surface area contributed by atoms with Crippen LogP contribution in [0.25, 0.3) is 0 Å². The average molecular weight is 300 g/mol. The molecule has 2 aliphatic rings. The number of fused-ring (bicyclic) bond motifs is 1. The molecule has 1 amide bonds. The highest BCUT2D eigenvalue weighted by Crippen LogP contribution is 2.38. The van der Waals surface area contributed by atoms with Crippen molar-refractivity contribution in [2.45, 2.75) is 46.1 Å². The van der Waals surface area contributed by atoms with E-state index in [1.807, 2.05) is 0 Å². The molecule has 3 heteroatoms. The average Bonchev–Trinajstić information content (AvgIpc) is 2.64. The third-order valence-corrected chi connectivity index (χ3v) is 5.30. The Hall–Kier alpha value is -1.35. The van der Waals surface area contributed by atoms with Gasteiger partial charge in [0.1, 0.15) is 0 Å². The molecule has 1 aromatic carbocycles. The van der Waals surface area contributed by atoms with Crippen LogP contribution in [0, 0.1) is 5.41 Å². The van der Waals surface area contributed by atoms with Gasteiger partial charge in [0.15, 0.2) is 0 Å². The van der Waals surface area contributed by atoms with Gasteiger partial charge in [-0.25, -0.2) is 0 Å². The van der Waals surface area contributed by atoms with Crippen molar-refractivity contribution < 1.29 is 4.79 Å². The number of piperidine rings is 1. The number of amides is 1. The summed E-state index contributed by atoms with van der Waals surface area (Å²) in [6.07, 6.45) is 4.83. The first kappa shape index (κ1) is 15.5. The maximum atomic E-state index is 12.1. The van der Waals surface area contributed by atoms with E-state index < -0.39 is 0 Å². The van der Waals surface area contributed by atoms with Crippen molar-refractivity contribution in [1.29, 1.82) is 0 Å². The Labute approximate surface area is 134 Å². The van der Waals surface area contributed by atoms with Crippen LogP contribution in [0.4, 0.5) is 0 Å². The van der Waals surface area contributed by atoms with Crippen molar-refractivity contribution >= 4 is 5.91 Å². The van der Waals surface area contributed by atoms with E-state index in [4.69, 9.17) is 0 Å². The molecular formula is C19H28N2O. The van der Waals surface area contributed by atoms with Crippen molar-refractivity contribution in [1.82, 2.24) is 9.80 Å². The Bertz CT molecular complexity index is 540. The van der Waals surface area contributed by atoms with Gasteiger partial charge in [0, 0.05) is 32.0 Å². The van der Waals surface area contributed by atoms with E-state index in [1.165, 1.54) is 43.5 Å². The first-order valence-corrected chi connectivity index (χ1v) is 8.66. The highest BCUT2D eigenvalue weighted by molar-refractivity contribution is 5.73. The van der Waals surface area contributed by atoms with E-state index in [2.05, 4.69) is 41.0 Å². The molecule has 120 valence electrons. The molecule has 0 bridgehead atoms. The van der Waals surface area contributed by atoms with E-state index in [0.29, 0.717) is 0 Å². The lowest BCUT2D eigenvalue weighted by atomic mass is 9.75. The highest BCUT2D eigenvalue weighted by Gasteiger charge is 2.39. The zero-order valence-corrected chi connectivity index (χ0v) is 14.0. The lowest BCUT2D eigenvalue weighted by Gasteiger charge is -2.44. The molecule has 0 aromatic heterocycles. The zero-order chi connectivity index (χ0) is 15.6. The minimum Gasteiger partial charge on any atom is -0.338 e. The molecule has 3 rings (SSSR count). The molecule has 1 spiro atoms. The van der Waals surface area contributed by atoms with Crippen LogP contribution in [0.2, 0.25) is 0 Å². The van der Waals surface area contributed by atoms with Gasteiger partial charge in [-0.1, -0.05) is 31.2 Å². The van der Waals surface area contributed by atoms with Crippen LogP contribution in [0.3, 0.4) is 0 Å². The van der Waals surface area contributed by atoms with Crippen LogP contribution in [0.5, 0.6) is 0 Å². The van der Waals surface area contributed by atoms with Gasteiger partial charge in [-0.05, 0) is 49.9 Å². The van der Waals surface area contributed by atoms with E-state index in [9.17, 15) is 4.79 Å². The Morgan fingerprint density at radius 2 is 2.00 bits per heavy atom. The number of hydrogen-bond acceptors (Lipinski definition) is 2. The normalized spacial score (nSPS) is 25.8. The smallest absolute Gasteiger partial charge is 0.219 e. The molecule has 3 nitrogen and oxygen atoms in total. The largest absolute Gasteiger partial charge is 0.338 e. The van der Waals surface area contributed by atoms with E-state index >= 15 is 0 Å². The summed E-state index contributed by atoms with van der Waals surface area (Å²) in [5, 5.41) is 0. The first-order valence-electron chi connectivity index (χ1n) is 8.66. The van der Waals surface area contributed by atoms with Crippen molar-refractivity contribution in [2.75, 3.05) is 26.2 Å². The summed E-state index contributed by atoms with van der Waals surface area (Å²) in [7, 11) is 0. The molecule has 1 unspecified atom stereocenters. The number of rotatable bonds is 2. The summed E-state index contributed by atoms with van der Waals surface area (Å²) >= 11 is 0. The number of carbonyl (C=O) groups excluding carboxylic acids is 1. The van der Waals surface area contributed by atoms with Gasteiger partial charge in [0.2, 0.25) is 5.91 Å². The van der Waals surface area contributed by atoms with E-state index in [-0.39, 0.29) is 11.3 Å². The molecule has 1 saturated heterocycles. The van der Waals surface area contributed by atoms with Gasteiger partial charge in [-0.15, -0.1) is 0 Å². The summed E-state index contributed by atoms with van der Waals surface area (Å²) in [6.45, 7) is 9.21. The minimum atomic E-state index is 0.212. The van der Waals surface area contributed by atoms with Gasteiger partial charge in [-0.3, -0.25) is 4.79 Å². The molecule has 2 aliphatic heterocycles. The Balaban J connectivity index is 1.91. The number of likely N-dealkylation sites (tertiary alicyclic amines) is 1. The van der Waals surface area contributed by atoms with E-state index in [1.54, 1.807) is 6.92 Å². The Morgan fingerprint density at radius 3 is 2.73 bits per heavy atom.